The van der Waals surface area contributed by atoms with Crippen LogP contribution in [0.15, 0.2) is 59.9 Å². The fraction of sp³-hybridized carbons (Fsp3) is 0.192. The van der Waals surface area contributed by atoms with Gasteiger partial charge in [0.1, 0.15) is 18.0 Å². The fourth-order valence-electron chi connectivity index (χ4n) is 3.79. The molecule has 0 saturated carbocycles. The first-order chi connectivity index (χ1) is 17.4. The van der Waals surface area contributed by atoms with Crippen molar-refractivity contribution in [3.05, 3.63) is 72.1 Å². The lowest BCUT2D eigenvalue weighted by molar-refractivity contribution is 0.0706. The zero-order valence-electron chi connectivity index (χ0n) is 19.2. The first-order valence-corrected chi connectivity index (χ1v) is 11.1. The third kappa shape index (κ3) is 4.44. The molecule has 1 atom stereocenters. The van der Waals surface area contributed by atoms with Gasteiger partial charge in [0.05, 0.1) is 30.2 Å². The molecule has 2 aromatic carbocycles. The molecular weight excluding hydrogens is 468 g/mol. The van der Waals surface area contributed by atoms with Gasteiger partial charge in [-0.15, -0.1) is 0 Å². The van der Waals surface area contributed by atoms with Gasteiger partial charge in [-0.25, -0.2) is 18.8 Å². The second-order valence-electron chi connectivity index (χ2n) is 8.80. The number of anilines is 1. The molecule has 1 aliphatic heterocycles. The summed E-state index contributed by atoms with van der Waals surface area (Å²) in [6.07, 6.45) is 3.19. The van der Waals surface area contributed by atoms with Crippen LogP contribution in [0.5, 0.6) is 11.5 Å². The van der Waals surface area contributed by atoms with E-state index >= 15 is 0 Å². The van der Waals surface area contributed by atoms with Crippen molar-refractivity contribution >= 4 is 22.7 Å². The van der Waals surface area contributed by atoms with E-state index in [2.05, 4.69) is 26.3 Å². The second-order valence-corrected chi connectivity index (χ2v) is 8.80. The van der Waals surface area contributed by atoms with Gasteiger partial charge in [0.2, 0.25) is 0 Å². The largest absolute Gasteiger partial charge is 0.464 e. The van der Waals surface area contributed by atoms with Crippen LogP contribution in [-0.2, 0) is 4.74 Å². The fourth-order valence-corrected chi connectivity index (χ4v) is 3.79. The molecule has 0 amide bonds. The van der Waals surface area contributed by atoms with Gasteiger partial charge in [-0.2, -0.15) is 5.26 Å². The van der Waals surface area contributed by atoms with Crippen molar-refractivity contribution in [2.75, 3.05) is 25.1 Å². The quantitative estimate of drug-likeness (QED) is 0.365. The number of aromatic amines is 1. The van der Waals surface area contributed by atoms with Crippen LogP contribution in [0.4, 0.5) is 14.5 Å². The second kappa shape index (κ2) is 9.28. The summed E-state index contributed by atoms with van der Waals surface area (Å²) in [6.45, 7) is 2.27. The highest BCUT2D eigenvalue weighted by Crippen LogP contribution is 2.38. The summed E-state index contributed by atoms with van der Waals surface area (Å²) >= 11 is 0. The number of aromatic nitrogens is 2. The monoisotopic (exact) mass is 489 g/mol. The Kier molecular flexibility index (Phi) is 6.00. The van der Waals surface area contributed by atoms with Crippen LogP contribution in [0.1, 0.15) is 12.5 Å². The van der Waals surface area contributed by atoms with Gasteiger partial charge in [0, 0.05) is 41.2 Å². The van der Waals surface area contributed by atoms with E-state index in [-0.39, 0.29) is 30.7 Å². The van der Waals surface area contributed by atoms with Gasteiger partial charge in [0.15, 0.2) is 17.4 Å². The number of ether oxygens (including phenoxy) is 2. The van der Waals surface area contributed by atoms with Gasteiger partial charge in [-0.3, -0.25) is 0 Å². The van der Waals surface area contributed by atoms with E-state index in [4.69, 9.17) is 14.7 Å². The topological polar surface area (TPSA) is 116 Å². The van der Waals surface area contributed by atoms with Crippen LogP contribution in [0.2, 0.25) is 0 Å². The number of aliphatic hydroxyl groups is 1. The lowest BCUT2D eigenvalue weighted by Crippen LogP contribution is -2.38. The number of fused-ring (bicyclic) bond motifs is 1. The molecule has 4 aromatic rings. The zero-order valence-corrected chi connectivity index (χ0v) is 19.2. The molecule has 5 rings (SSSR count). The summed E-state index contributed by atoms with van der Waals surface area (Å²) in [6, 6.07) is 12.8. The average molecular weight is 489 g/mol. The molecule has 0 unspecified atom stereocenters. The molecule has 10 heteroatoms. The molecule has 0 bridgehead atoms. The minimum Gasteiger partial charge on any atom is -0.464 e. The lowest BCUT2D eigenvalue weighted by atomic mass is 9.93. The van der Waals surface area contributed by atoms with Gasteiger partial charge < -0.3 is 24.9 Å². The maximum atomic E-state index is 15.0. The molecule has 0 saturated heterocycles. The van der Waals surface area contributed by atoms with E-state index in [9.17, 15) is 13.9 Å². The summed E-state index contributed by atoms with van der Waals surface area (Å²) in [4.78, 5) is 11.5. The Labute approximate surface area is 204 Å². The maximum absolute atomic E-state index is 15.0. The Morgan fingerprint density at radius 1 is 1.22 bits per heavy atom. The number of pyridine rings is 1. The van der Waals surface area contributed by atoms with Crippen molar-refractivity contribution in [3.8, 4) is 28.7 Å². The van der Waals surface area contributed by atoms with Crippen LogP contribution in [0, 0.1) is 28.4 Å². The normalized spacial score (nSPS) is 17.2. The zero-order chi connectivity index (χ0) is 25.3. The predicted molar refractivity (Wildman–Crippen MR) is 130 cm³/mol. The minimum atomic E-state index is -0.922. The smallest absolute Gasteiger partial charge is 0.289 e. The number of hydrogen-bond donors (Lipinski definition) is 3. The maximum Gasteiger partial charge on any atom is 0.289 e. The van der Waals surface area contributed by atoms with Crippen molar-refractivity contribution in [1.82, 2.24) is 9.97 Å². The number of hydrogen-bond acceptors (Lipinski definition) is 7. The summed E-state index contributed by atoms with van der Waals surface area (Å²) in [5, 5.41) is 21.8. The predicted octanol–water partition coefficient (Wildman–Crippen LogP) is 4.97. The molecule has 0 spiro atoms. The van der Waals surface area contributed by atoms with E-state index < -0.39 is 22.8 Å². The average Bonchev–Trinajstić information content (AvgIpc) is 3.33. The molecule has 182 valence electrons. The van der Waals surface area contributed by atoms with Gasteiger partial charge in [0.25, 0.3) is 6.02 Å². The Balaban J connectivity index is 1.43. The number of aliphatic imine (C=N–C) groups is 1. The number of nitrogens with one attached hydrogen (secondary N) is 2. The molecule has 3 heterocycles. The molecule has 1 aliphatic rings. The van der Waals surface area contributed by atoms with Crippen molar-refractivity contribution in [2.24, 2.45) is 10.4 Å². The van der Waals surface area contributed by atoms with Gasteiger partial charge in [-0.1, -0.05) is 19.1 Å². The van der Waals surface area contributed by atoms with Crippen molar-refractivity contribution in [3.63, 3.8) is 0 Å². The first kappa shape index (κ1) is 23.3. The standard InChI is InChI=1S/C26H21F2N5O3/c1-26(13-34)12-32-25(35-14-26)33-17-8-19(27)23(20(28)9-17)36-21-6-7-30-24-22(21)18(11-31-24)16-4-2-15(10-29)3-5-16/h2-9,11,34H,12-14H2,1H3,(H,30,31)(H,32,33)/t26-/m1/s1. The Hall–Kier alpha value is -4.49. The van der Waals surface area contributed by atoms with Crippen LogP contribution < -0.4 is 10.1 Å². The molecule has 3 N–H and O–H groups in total. The summed E-state index contributed by atoms with van der Waals surface area (Å²) in [5.74, 6) is -2.20. The number of amidine groups is 1. The Morgan fingerprint density at radius 3 is 2.61 bits per heavy atom. The van der Waals surface area contributed by atoms with Crippen LogP contribution in [0.25, 0.3) is 22.2 Å². The third-order valence-electron chi connectivity index (χ3n) is 5.87. The molecule has 36 heavy (non-hydrogen) atoms. The summed E-state index contributed by atoms with van der Waals surface area (Å²) in [5.41, 5.74) is 2.09. The number of rotatable bonds is 5. The molecule has 0 aliphatic carbocycles. The third-order valence-corrected chi connectivity index (χ3v) is 5.87. The molecule has 8 nitrogen and oxygen atoms in total. The van der Waals surface area contributed by atoms with E-state index in [1.54, 1.807) is 30.5 Å². The van der Waals surface area contributed by atoms with Crippen molar-refractivity contribution < 1.29 is 23.4 Å². The first-order valence-electron chi connectivity index (χ1n) is 11.1. The highest BCUT2D eigenvalue weighted by atomic mass is 19.1. The van der Waals surface area contributed by atoms with Crippen LogP contribution >= 0.6 is 0 Å². The summed E-state index contributed by atoms with van der Waals surface area (Å²) in [7, 11) is 0. The van der Waals surface area contributed by atoms with E-state index in [0.29, 0.717) is 28.7 Å². The molecule has 2 aromatic heterocycles. The van der Waals surface area contributed by atoms with Gasteiger partial charge in [-0.05, 0) is 23.8 Å². The van der Waals surface area contributed by atoms with E-state index in [1.165, 1.54) is 12.3 Å². The number of halogens is 2. The number of aliphatic hydroxyl groups excluding tert-OH is 1. The SMILES string of the molecule is C[C@]1(CO)CN=C(Nc2cc(F)c(Oc3ccnc4[nH]cc(-c5ccc(C#N)cc5)c34)c(F)c2)OC1. The Bertz CT molecular complexity index is 1490. The van der Waals surface area contributed by atoms with Crippen LogP contribution in [-0.4, -0.2) is 40.9 Å². The van der Waals surface area contributed by atoms with Crippen LogP contribution in [0.3, 0.4) is 0 Å². The number of nitrogens with zero attached hydrogens (tertiary/aromatic N) is 3. The molecule has 0 radical (unpaired) electrons. The van der Waals surface area contributed by atoms with Crippen molar-refractivity contribution in [1.29, 1.82) is 5.26 Å². The lowest BCUT2D eigenvalue weighted by Gasteiger charge is -2.30. The van der Waals surface area contributed by atoms with E-state index in [0.717, 1.165) is 17.7 Å². The van der Waals surface area contributed by atoms with Gasteiger partial charge >= 0.3 is 0 Å². The number of H-pyrrole nitrogens is 1. The Morgan fingerprint density at radius 2 is 1.97 bits per heavy atom. The molecule has 0 fully saturated rings. The highest BCUT2D eigenvalue weighted by Gasteiger charge is 2.29. The van der Waals surface area contributed by atoms with Crippen molar-refractivity contribution in [2.45, 2.75) is 6.92 Å². The van der Waals surface area contributed by atoms with E-state index in [1.807, 2.05) is 6.92 Å². The number of nitriles is 1. The highest BCUT2D eigenvalue weighted by molar-refractivity contribution is 5.98. The molecular formula is C26H21F2N5O3. The number of benzene rings is 2. The minimum absolute atomic E-state index is 0.0879. The summed E-state index contributed by atoms with van der Waals surface area (Å²) < 4.78 is 41.2.